The van der Waals surface area contributed by atoms with Crippen molar-refractivity contribution in [2.45, 2.75) is 65.0 Å². The minimum Gasteiger partial charge on any atom is -0.312 e. The van der Waals surface area contributed by atoms with Gasteiger partial charge in [0.15, 0.2) is 0 Å². The van der Waals surface area contributed by atoms with Crippen LogP contribution in [0, 0.1) is 11.8 Å². The van der Waals surface area contributed by atoms with Crippen molar-refractivity contribution in [3.05, 3.63) is 0 Å². The molecule has 2 rings (SSSR count). The molecule has 0 aromatic carbocycles. The van der Waals surface area contributed by atoms with Crippen molar-refractivity contribution >= 4 is 0 Å². The summed E-state index contributed by atoms with van der Waals surface area (Å²) in [5.41, 5.74) is 0.392. The molecule has 0 aromatic heterocycles. The highest BCUT2D eigenvalue weighted by Gasteiger charge is 2.32. The second-order valence-corrected chi connectivity index (χ2v) is 7.14. The van der Waals surface area contributed by atoms with Crippen LogP contribution in [0.2, 0.25) is 0 Å². The van der Waals surface area contributed by atoms with E-state index >= 15 is 0 Å². The van der Waals surface area contributed by atoms with E-state index in [-0.39, 0.29) is 0 Å². The Labute approximate surface area is 107 Å². The fraction of sp³-hybridized carbons (Fsp3) is 1.00. The predicted molar refractivity (Wildman–Crippen MR) is 74.2 cm³/mol. The smallest absolute Gasteiger partial charge is 0.0128 e. The second kappa shape index (κ2) is 5.27. The standard InChI is InChI=1S/C15H30N2/c1-12(2)17-7-5-13(6-8-17)9-14-10-15(3,4)16-11-14/h12-14,16H,5-11H2,1-4H3. The third kappa shape index (κ3) is 3.69. The molecule has 0 aromatic rings. The van der Waals surface area contributed by atoms with Crippen molar-refractivity contribution in [1.29, 1.82) is 0 Å². The summed E-state index contributed by atoms with van der Waals surface area (Å²) in [6, 6.07) is 0.739. The van der Waals surface area contributed by atoms with Gasteiger partial charge in [0.1, 0.15) is 0 Å². The van der Waals surface area contributed by atoms with Crippen LogP contribution in [0.3, 0.4) is 0 Å². The topological polar surface area (TPSA) is 15.3 Å². The molecule has 2 nitrogen and oxygen atoms in total. The monoisotopic (exact) mass is 238 g/mol. The van der Waals surface area contributed by atoms with Gasteiger partial charge in [-0.15, -0.1) is 0 Å². The SMILES string of the molecule is CC(C)N1CCC(CC2CNC(C)(C)C2)CC1. The van der Waals surface area contributed by atoms with Gasteiger partial charge in [0.25, 0.3) is 0 Å². The minimum absolute atomic E-state index is 0.392. The minimum atomic E-state index is 0.392. The van der Waals surface area contributed by atoms with Crippen molar-refractivity contribution in [2.24, 2.45) is 11.8 Å². The zero-order valence-electron chi connectivity index (χ0n) is 12.1. The van der Waals surface area contributed by atoms with Crippen LogP contribution >= 0.6 is 0 Å². The molecule has 0 radical (unpaired) electrons. The summed E-state index contributed by atoms with van der Waals surface area (Å²) in [6.07, 6.45) is 5.68. The van der Waals surface area contributed by atoms with E-state index in [9.17, 15) is 0 Å². The largest absolute Gasteiger partial charge is 0.312 e. The van der Waals surface area contributed by atoms with Gasteiger partial charge in [-0.05, 0) is 84.8 Å². The maximum Gasteiger partial charge on any atom is 0.0128 e. The van der Waals surface area contributed by atoms with E-state index in [0.717, 1.165) is 17.9 Å². The third-order valence-electron chi connectivity index (χ3n) is 4.71. The quantitative estimate of drug-likeness (QED) is 0.813. The van der Waals surface area contributed by atoms with Crippen molar-refractivity contribution in [3.63, 3.8) is 0 Å². The average Bonchev–Trinajstić information content (AvgIpc) is 2.59. The lowest BCUT2D eigenvalue weighted by molar-refractivity contribution is 0.138. The van der Waals surface area contributed by atoms with Crippen LogP contribution in [0.15, 0.2) is 0 Å². The van der Waals surface area contributed by atoms with Gasteiger partial charge in [0.2, 0.25) is 0 Å². The Balaban J connectivity index is 1.72. The van der Waals surface area contributed by atoms with Gasteiger partial charge in [0, 0.05) is 11.6 Å². The number of likely N-dealkylation sites (tertiary alicyclic amines) is 1. The lowest BCUT2D eigenvalue weighted by Crippen LogP contribution is -2.38. The molecule has 1 unspecified atom stereocenters. The number of hydrogen-bond donors (Lipinski definition) is 1. The van der Waals surface area contributed by atoms with Crippen molar-refractivity contribution in [2.75, 3.05) is 19.6 Å². The molecule has 2 aliphatic rings. The summed E-state index contributed by atoms with van der Waals surface area (Å²) in [7, 11) is 0. The Bertz CT molecular complexity index is 239. The van der Waals surface area contributed by atoms with E-state index in [1.54, 1.807) is 0 Å². The van der Waals surface area contributed by atoms with Crippen LogP contribution in [0.5, 0.6) is 0 Å². The van der Waals surface area contributed by atoms with Crippen LogP contribution in [0.25, 0.3) is 0 Å². The molecule has 17 heavy (non-hydrogen) atoms. The normalized spacial score (nSPS) is 31.2. The second-order valence-electron chi connectivity index (χ2n) is 7.14. The summed E-state index contributed by atoms with van der Waals surface area (Å²) < 4.78 is 0. The molecular weight excluding hydrogens is 208 g/mol. The Morgan fingerprint density at radius 2 is 1.82 bits per heavy atom. The molecule has 0 amide bonds. The van der Waals surface area contributed by atoms with Gasteiger partial charge >= 0.3 is 0 Å². The van der Waals surface area contributed by atoms with E-state index < -0.39 is 0 Å². The van der Waals surface area contributed by atoms with E-state index in [1.807, 2.05) is 0 Å². The highest BCUT2D eigenvalue weighted by atomic mass is 15.1. The summed E-state index contributed by atoms with van der Waals surface area (Å²) in [6.45, 7) is 13.2. The number of rotatable bonds is 3. The molecule has 2 fully saturated rings. The molecular formula is C15H30N2. The van der Waals surface area contributed by atoms with Gasteiger partial charge in [-0.1, -0.05) is 0 Å². The summed E-state index contributed by atoms with van der Waals surface area (Å²) >= 11 is 0. The molecule has 2 saturated heterocycles. The van der Waals surface area contributed by atoms with Gasteiger partial charge in [-0.3, -0.25) is 0 Å². The van der Waals surface area contributed by atoms with Crippen LogP contribution in [0.4, 0.5) is 0 Å². The summed E-state index contributed by atoms with van der Waals surface area (Å²) in [5.74, 6) is 1.92. The molecule has 2 heterocycles. The fourth-order valence-corrected chi connectivity index (χ4v) is 3.63. The Morgan fingerprint density at radius 3 is 2.29 bits per heavy atom. The van der Waals surface area contributed by atoms with E-state index in [2.05, 4.69) is 37.9 Å². The molecule has 0 aliphatic carbocycles. The molecule has 2 aliphatic heterocycles. The zero-order chi connectivity index (χ0) is 12.5. The predicted octanol–water partition coefficient (Wildman–Crippen LogP) is 2.89. The third-order valence-corrected chi connectivity index (χ3v) is 4.71. The van der Waals surface area contributed by atoms with E-state index in [4.69, 9.17) is 0 Å². The average molecular weight is 238 g/mol. The van der Waals surface area contributed by atoms with Crippen molar-refractivity contribution < 1.29 is 0 Å². The molecule has 100 valence electrons. The van der Waals surface area contributed by atoms with Gasteiger partial charge in [0.05, 0.1) is 0 Å². The molecule has 2 heteroatoms. The van der Waals surface area contributed by atoms with Crippen LogP contribution in [-0.2, 0) is 0 Å². The van der Waals surface area contributed by atoms with Crippen LogP contribution in [0.1, 0.15) is 53.4 Å². The van der Waals surface area contributed by atoms with Gasteiger partial charge in [-0.2, -0.15) is 0 Å². The summed E-state index contributed by atoms with van der Waals surface area (Å²) in [5, 5.41) is 3.65. The van der Waals surface area contributed by atoms with Crippen molar-refractivity contribution in [3.8, 4) is 0 Å². The van der Waals surface area contributed by atoms with E-state index in [0.29, 0.717) is 5.54 Å². The number of hydrogen-bond acceptors (Lipinski definition) is 2. The Kier molecular flexibility index (Phi) is 4.14. The Morgan fingerprint density at radius 1 is 1.18 bits per heavy atom. The van der Waals surface area contributed by atoms with Crippen molar-refractivity contribution in [1.82, 2.24) is 10.2 Å². The fourth-order valence-electron chi connectivity index (χ4n) is 3.63. The molecule has 1 atom stereocenters. The zero-order valence-corrected chi connectivity index (χ0v) is 12.1. The van der Waals surface area contributed by atoms with Crippen LogP contribution < -0.4 is 5.32 Å². The highest BCUT2D eigenvalue weighted by Crippen LogP contribution is 2.32. The molecule has 0 saturated carbocycles. The van der Waals surface area contributed by atoms with Gasteiger partial charge in [-0.25, -0.2) is 0 Å². The lowest BCUT2D eigenvalue weighted by Gasteiger charge is -2.35. The number of piperidine rings is 1. The highest BCUT2D eigenvalue weighted by molar-refractivity contribution is 4.90. The first kappa shape index (κ1) is 13.4. The summed E-state index contributed by atoms with van der Waals surface area (Å²) in [4.78, 5) is 2.63. The first-order chi connectivity index (χ1) is 7.96. The molecule has 0 spiro atoms. The molecule has 0 bridgehead atoms. The van der Waals surface area contributed by atoms with Gasteiger partial charge < -0.3 is 10.2 Å². The van der Waals surface area contributed by atoms with E-state index in [1.165, 1.54) is 45.3 Å². The maximum absolute atomic E-state index is 3.65. The maximum atomic E-state index is 3.65. The molecule has 1 N–H and O–H groups in total. The van der Waals surface area contributed by atoms with Crippen LogP contribution in [-0.4, -0.2) is 36.1 Å². The number of nitrogens with zero attached hydrogens (tertiary/aromatic N) is 1. The lowest BCUT2D eigenvalue weighted by atomic mass is 9.84. The first-order valence-corrected chi connectivity index (χ1v) is 7.45. The number of nitrogens with one attached hydrogen (secondary N) is 1. The Hall–Kier alpha value is -0.0800. The first-order valence-electron chi connectivity index (χ1n) is 7.45.